The Labute approximate surface area is 126 Å². The van der Waals surface area contributed by atoms with Gasteiger partial charge in [-0.25, -0.2) is 0 Å². The van der Waals surface area contributed by atoms with E-state index in [1.165, 1.54) is 0 Å². The minimum atomic E-state index is -6.02. The summed E-state index contributed by atoms with van der Waals surface area (Å²) >= 11 is -18.1. The molecule has 0 unspecified atom stereocenters. The van der Waals surface area contributed by atoms with Gasteiger partial charge in [-0.2, -0.15) is 0 Å². The van der Waals surface area contributed by atoms with Crippen LogP contribution in [0, 0.1) is 0 Å². The molecule has 0 rings (SSSR count). The summed E-state index contributed by atoms with van der Waals surface area (Å²) in [5.41, 5.74) is 0. The average Bonchev–Trinajstić information content (AvgIpc) is 1.41. The van der Waals surface area contributed by atoms with Crippen molar-refractivity contribution >= 4 is 0 Å². The van der Waals surface area contributed by atoms with Gasteiger partial charge in [0.05, 0.1) is 0 Å². The fourth-order valence-electron chi connectivity index (χ4n) is 0. The van der Waals surface area contributed by atoms with Crippen LogP contribution in [0.15, 0.2) is 0 Å². The van der Waals surface area contributed by atoms with Crippen molar-refractivity contribution in [2.75, 3.05) is 0 Å². The second kappa shape index (κ2) is 12.7. The summed E-state index contributed by atoms with van der Waals surface area (Å²) in [6.45, 7) is 0. The third kappa shape index (κ3) is 1520. The molecule has 17 heavy (non-hydrogen) atoms. The first-order chi connectivity index (χ1) is 6.00. The topological polar surface area (TPSA) is 241 Å². The van der Waals surface area contributed by atoms with E-state index >= 15 is 0 Å². The quantitative estimate of drug-likeness (QED) is 0.241. The molecule has 2 radical (unpaired) electrons. The molecule has 0 heterocycles. The van der Waals surface area contributed by atoms with Crippen molar-refractivity contribution < 1.29 is 128 Å². The molecule has 0 saturated heterocycles. The molecular formula is Cr2Mo3O12. The Balaban J connectivity index is -0.0000000400. The Morgan fingerprint density at radius 1 is 0.412 bits per heavy atom. The fraction of sp³-hybridized carbons (Fsp3) is 0. The maximum atomic E-state index is 8.63. The van der Waals surface area contributed by atoms with Gasteiger partial charge in [-0.15, -0.1) is 0 Å². The minimum absolute atomic E-state index is 0. The molecule has 102 valence electrons. The molecule has 0 aromatic rings. The van der Waals surface area contributed by atoms with Crippen LogP contribution in [0.2, 0.25) is 0 Å². The van der Waals surface area contributed by atoms with E-state index in [-0.39, 0.29) is 34.7 Å². The first kappa shape index (κ1) is 31.2. The van der Waals surface area contributed by atoms with Crippen molar-refractivity contribution in [3.05, 3.63) is 0 Å². The van der Waals surface area contributed by atoms with Gasteiger partial charge in [0.15, 0.2) is 0 Å². The van der Waals surface area contributed by atoms with Crippen LogP contribution in [0.1, 0.15) is 0 Å². The van der Waals surface area contributed by atoms with E-state index in [2.05, 4.69) is 0 Å². The molecule has 0 aromatic heterocycles. The molecule has 0 N–H and O–H groups in total. The van der Waals surface area contributed by atoms with Crippen molar-refractivity contribution in [2.24, 2.45) is 0 Å². The second-order valence-electron chi connectivity index (χ2n) is 1.22. The summed E-state index contributed by atoms with van der Waals surface area (Å²) in [7, 11) is 0. The molecule has 0 aliphatic rings. The first-order valence-corrected chi connectivity index (χ1v) is 11.8. The summed E-state index contributed by atoms with van der Waals surface area (Å²) < 4.78 is 104. The van der Waals surface area contributed by atoms with Crippen LogP contribution < -0.4 is 22.6 Å². The van der Waals surface area contributed by atoms with Gasteiger partial charge in [-0.1, -0.05) is 0 Å². The average molecular weight is 584 g/mol. The van der Waals surface area contributed by atoms with Crippen molar-refractivity contribution in [1.29, 1.82) is 0 Å². The summed E-state index contributed by atoms with van der Waals surface area (Å²) in [5.74, 6) is 0. The Bertz CT molecular complexity index is 341. The fourth-order valence-corrected chi connectivity index (χ4v) is 0. The van der Waals surface area contributed by atoms with Crippen molar-refractivity contribution in [2.45, 2.75) is 0 Å². The van der Waals surface area contributed by atoms with Gasteiger partial charge >= 0.3 is 128 Å². The van der Waals surface area contributed by atoms with Crippen molar-refractivity contribution in [3.8, 4) is 0 Å². The molecule has 12 nitrogen and oxygen atoms in total. The van der Waals surface area contributed by atoms with E-state index in [0.29, 0.717) is 0 Å². The predicted molar refractivity (Wildman–Crippen MR) is 4.12 cm³/mol. The zero-order chi connectivity index (χ0) is 13.5. The Hall–Kier alpha value is 1.69. The van der Waals surface area contributed by atoms with Gasteiger partial charge < -0.3 is 0 Å². The predicted octanol–water partition coefficient (Wildman–Crippen LogP) is -7.86. The number of hydrogen-bond donors (Lipinski definition) is 0. The standard InChI is InChI=1S/2Cr.3Mo.12O/q2*+3;;;;;;;;;;6*-1. The van der Waals surface area contributed by atoms with Crippen LogP contribution in [-0.2, 0) is 105 Å². The van der Waals surface area contributed by atoms with Crippen LogP contribution in [0.4, 0.5) is 0 Å². The zero-order valence-electron chi connectivity index (χ0n) is 6.94. The number of hydrogen-bond acceptors (Lipinski definition) is 12. The van der Waals surface area contributed by atoms with E-state index < -0.39 is 50.2 Å². The molecule has 0 atom stereocenters. The van der Waals surface area contributed by atoms with Crippen LogP contribution in [0.5, 0.6) is 0 Å². The van der Waals surface area contributed by atoms with E-state index in [1.54, 1.807) is 0 Å². The summed E-state index contributed by atoms with van der Waals surface area (Å²) in [6, 6.07) is 0. The molecular weight excluding hydrogens is 584 g/mol. The molecule has 0 aliphatic heterocycles. The van der Waals surface area contributed by atoms with E-state index in [9.17, 15) is 0 Å². The van der Waals surface area contributed by atoms with Gasteiger partial charge in [0.1, 0.15) is 0 Å². The van der Waals surface area contributed by atoms with E-state index in [1.807, 2.05) is 0 Å². The Morgan fingerprint density at radius 3 is 0.412 bits per heavy atom. The summed E-state index contributed by atoms with van der Waals surface area (Å²) in [6.07, 6.45) is 0. The SMILES string of the molecule is [Cr+3].[Cr+3].[O]=[Mo](=[O])([O-])[O-].[O]=[Mo](=[O])([O-])[O-].[O]=[Mo](=[O])([O-])[O-]. The molecule has 0 saturated carbocycles. The van der Waals surface area contributed by atoms with Gasteiger partial charge in [0.2, 0.25) is 0 Å². The Kier molecular flexibility index (Phi) is 23.3. The van der Waals surface area contributed by atoms with Crippen molar-refractivity contribution in [3.63, 3.8) is 0 Å². The van der Waals surface area contributed by atoms with Gasteiger partial charge in [0.25, 0.3) is 0 Å². The maximum absolute atomic E-state index is 8.63. The van der Waals surface area contributed by atoms with Crippen molar-refractivity contribution in [1.82, 2.24) is 0 Å². The van der Waals surface area contributed by atoms with E-state index in [0.717, 1.165) is 0 Å². The normalized spacial score (nSPS) is 10.2. The van der Waals surface area contributed by atoms with Crippen LogP contribution >= 0.6 is 0 Å². The zero-order valence-corrected chi connectivity index (χ0v) is 15.5. The van der Waals surface area contributed by atoms with Crippen LogP contribution in [-0.4, -0.2) is 0 Å². The van der Waals surface area contributed by atoms with Gasteiger partial charge in [-0.05, 0) is 0 Å². The van der Waals surface area contributed by atoms with Crippen LogP contribution in [0.25, 0.3) is 0 Å². The monoisotopic (exact) mass is 590 g/mol. The molecule has 0 aromatic carbocycles. The Morgan fingerprint density at radius 2 is 0.412 bits per heavy atom. The molecule has 0 aliphatic carbocycles. The third-order valence-corrected chi connectivity index (χ3v) is 0. The summed E-state index contributed by atoms with van der Waals surface area (Å²) in [5, 5.41) is 0. The second-order valence-corrected chi connectivity index (χ2v) is 7.25. The first-order valence-electron chi connectivity index (χ1n) is 2.00. The molecule has 0 spiro atoms. The molecule has 0 bridgehead atoms. The summed E-state index contributed by atoms with van der Waals surface area (Å²) in [4.78, 5) is 0. The van der Waals surface area contributed by atoms with Crippen LogP contribution in [0.3, 0.4) is 0 Å². The third-order valence-electron chi connectivity index (χ3n) is 0. The van der Waals surface area contributed by atoms with E-state index in [4.69, 9.17) is 42.9 Å². The number of rotatable bonds is 0. The molecule has 0 amide bonds. The molecule has 0 fully saturated rings. The van der Waals surface area contributed by atoms with Gasteiger partial charge in [0, 0.05) is 0 Å². The molecule has 17 heteroatoms. The van der Waals surface area contributed by atoms with Gasteiger partial charge in [-0.3, -0.25) is 0 Å².